The van der Waals surface area contributed by atoms with Gasteiger partial charge in [-0.3, -0.25) is 4.72 Å². The fourth-order valence-electron chi connectivity index (χ4n) is 1.72. The standard InChI is InChI=1S/C13H12ClIN2O2S/c1-8-12(16)5-9(14)6-13(8)20(18,19)17-11-4-2-3-10(15)7-11/h2-7,17H,16H2,1H3. The van der Waals surface area contributed by atoms with Gasteiger partial charge in [-0.1, -0.05) is 17.7 Å². The van der Waals surface area contributed by atoms with Gasteiger partial charge in [-0.05, 0) is 65.4 Å². The van der Waals surface area contributed by atoms with Crippen molar-refractivity contribution in [3.63, 3.8) is 0 Å². The summed E-state index contributed by atoms with van der Waals surface area (Å²) in [6.45, 7) is 1.65. The molecule has 0 fully saturated rings. The van der Waals surface area contributed by atoms with Gasteiger partial charge in [-0.2, -0.15) is 0 Å². The molecule has 0 saturated carbocycles. The lowest BCUT2D eigenvalue weighted by molar-refractivity contribution is 0.600. The summed E-state index contributed by atoms with van der Waals surface area (Å²) in [4.78, 5) is 0.0846. The van der Waals surface area contributed by atoms with Crippen molar-refractivity contribution in [1.29, 1.82) is 0 Å². The maximum absolute atomic E-state index is 12.4. The highest BCUT2D eigenvalue weighted by atomic mass is 127. The van der Waals surface area contributed by atoms with Gasteiger partial charge >= 0.3 is 0 Å². The van der Waals surface area contributed by atoms with Crippen molar-refractivity contribution in [2.75, 3.05) is 10.5 Å². The summed E-state index contributed by atoms with van der Waals surface area (Å²) in [5, 5.41) is 0.288. The van der Waals surface area contributed by atoms with Crippen LogP contribution < -0.4 is 10.5 Å². The van der Waals surface area contributed by atoms with E-state index in [0.717, 1.165) is 3.57 Å². The van der Waals surface area contributed by atoms with Crippen molar-refractivity contribution in [2.24, 2.45) is 0 Å². The van der Waals surface area contributed by atoms with Crippen LogP contribution in [0.3, 0.4) is 0 Å². The summed E-state index contributed by atoms with van der Waals surface area (Å²) >= 11 is 8.00. The van der Waals surface area contributed by atoms with E-state index in [4.69, 9.17) is 17.3 Å². The third-order valence-corrected chi connectivity index (χ3v) is 5.13. The normalized spacial score (nSPS) is 11.3. The molecule has 4 nitrogen and oxygen atoms in total. The second kappa shape index (κ2) is 5.79. The van der Waals surface area contributed by atoms with E-state index in [1.54, 1.807) is 25.1 Å². The van der Waals surface area contributed by atoms with Crippen LogP contribution in [0.2, 0.25) is 5.02 Å². The second-order valence-electron chi connectivity index (χ2n) is 4.23. The Kier molecular flexibility index (Phi) is 4.46. The van der Waals surface area contributed by atoms with E-state index in [2.05, 4.69) is 27.3 Å². The fraction of sp³-hybridized carbons (Fsp3) is 0.0769. The number of hydrogen-bond acceptors (Lipinski definition) is 3. The van der Waals surface area contributed by atoms with Gasteiger partial charge in [0.2, 0.25) is 0 Å². The Bertz CT molecular complexity index is 763. The minimum atomic E-state index is -3.72. The van der Waals surface area contributed by atoms with E-state index < -0.39 is 10.0 Å². The molecule has 0 aromatic heterocycles. The lowest BCUT2D eigenvalue weighted by atomic mass is 10.2. The van der Waals surface area contributed by atoms with Gasteiger partial charge in [0.05, 0.1) is 4.90 Å². The molecule has 106 valence electrons. The van der Waals surface area contributed by atoms with Crippen molar-refractivity contribution in [1.82, 2.24) is 0 Å². The van der Waals surface area contributed by atoms with Crippen LogP contribution in [0, 0.1) is 10.5 Å². The smallest absolute Gasteiger partial charge is 0.262 e. The average molecular weight is 423 g/mol. The van der Waals surface area contributed by atoms with Crippen LogP contribution >= 0.6 is 34.2 Å². The van der Waals surface area contributed by atoms with Crippen molar-refractivity contribution in [3.05, 3.63) is 50.6 Å². The molecule has 2 aromatic carbocycles. The van der Waals surface area contributed by atoms with Gasteiger partial charge < -0.3 is 5.73 Å². The number of benzene rings is 2. The third-order valence-electron chi connectivity index (χ3n) is 2.73. The molecular weight excluding hydrogens is 411 g/mol. The largest absolute Gasteiger partial charge is 0.398 e. The minimum absolute atomic E-state index is 0.0846. The Labute approximate surface area is 136 Å². The van der Waals surface area contributed by atoms with E-state index in [9.17, 15) is 8.42 Å². The first kappa shape index (κ1) is 15.4. The lowest BCUT2D eigenvalue weighted by Crippen LogP contribution is -2.15. The molecule has 0 amide bonds. The first-order valence-electron chi connectivity index (χ1n) is 5.63. The molecule has 0 spiro atoms. The molecule has 2 aromatic rings. The highest BCUT2D eigenvalue weighted by Crippen LogP contribution is 2.27. The van der Waals surface area contributed by atoms with E-state index in [-0.39, 0.29) is 9.92 Å². The molecule has 0 aliphatic heterocycles. The predicted octanol–water partition coefficient (Wildman–Crippen LogP) is 3.64. The zero-order valence-corrected chi connectivity index (χ0v) is 14.3. The minimum Gasteiger partial charge on any atom is -0.398 e. The Morgan fingerprint density at radius 1 is 1.25 bits per heavy atom. The zero-order valence-electron chi connectivity index (χ0n) is 10.5. The van der Waals surface area contributed by atoms with Gasteiger partial charge in [0.25, 0.3) is 10.0 Å². The van der Waals surface area contributed by atoms with Crippen molar-refractivity contribution in [2.45, 2.75) is 11.8 Å². The van der Waals surface area contributed by atoms with Gasteiger partial charge in [0, 0.05) is 20.0 Å². The van der Waals surface area contributed by atoms with Crippen LogP contribution in [-0.2, 0) is 10.0 Å². The second-order valence-corrected chi connectivity index (χ2v) is 7.57. The molecule has 3 N–H and O–H groups in total. The number of rotatable bonds is 3. The Hall–Kier alpha value is -0.990. The maximum Gasteiger partial charge on any atom is 0.262 e. The first-order chi connectivity index (χ1) is 9.29. The van der Waals surface area contributed by atoms with E-state index >= 15 is 0 Å². The molecule has 0 aliphatic rings. The summed E-state index contributed by atoms with van der Waals surface area (Å²) in [5.74, 6) is 0. The topological polar surface area (TPSA) is 72.2 Å². The zero-order chi connectivity index (χ0) is 14.9. The van der Waals surface area contributed by atoms with Crippen LogP contribution in [0.1, 0.15) is 5.56 Å². The molecule has 0 unspecified atom stereocenters. The van der Waals surface area contributed by atoms with Crippen LogP contribution in [0.15, 0.2) is 41.3 Å². The molecule has 0 atom stereocenters. The average Bonchev–Trinajstić information content (AvgIpc) is 2.33. The maximum atomic E-state index is 12.4. The Morgan fingerprint density at radius 3 is 2.60 bits per heavy atom. The van der Waals surface area contributed by atoms with E-state index in [0.29, 0.717) is 16.9 Å². The van der Waals surface area contributed by atoms with Gasteiger partial charge in [0.15, 0.2) is 0 Å². The summed E-state index contributed by atoms with van der Waals surface area (Å²) in [6.07, 6.45) is 0. The molecule has 0 aliphatic carbocycles. The Balaban J connectivity index is 2.46. The quantitative estimate of drug-likeness (QED) is 0.586. The Morgan fingerprint density at radius 2 is 1.95 bits per heavy atom. The summed E-state index contributed by atoms with van der Waals surface area (Å²) in [6, 6.07) is 9.99. The van der Waals surface area contributed by atoms with Gasteiger partial charge in [0.1, 0.15) is 0 Å². The van der Waals surface area contributed by atoms with Crippen molar-refractivity contribution >= 4 is 55.6 Å². The van der Waals surface area contributed by atoms with E-state index in [1.165, 1.54) is 12.1 Å². The first-order valence-corrected chi connectivity index (χ1v) is 8.57. The number of anilines is 2. The van der Waals surface area contributed by atoms with Crippen LogP contribution in [0.4, 0.5) is 11.4 Å². The number of nitrogens with one attached hydrogen (secondary N) is 1. The monoisotopic (exact) mass is 422 g/mol. The molecule has 7 heteroatoms. The molecule has 2 rings (SSSR count). The van der Waals surface area contributed by atoms with Crippen LogP contribution in [0.25, 0.3) is 0 Å². The molecule has 0 saturated heterocycles. The SMILES string of the molecule is Cc1c(N)cc(Cl)cc1S(=O)(=O)Nc1cccc(I)c1. The molecular formula is C13H12ClIN2O2S. The number of nitrogen functional groups attached to an aromatic ring is 1. The summed E-state index contributed by atoms with van der Waals surface area (Å²) < 4.78 is 28.3. The summed E-state index contributed by atoms with van der Waals surface area (Å²) in [7, 11) is -3.72. The number of halogens is 2. The van der Waals surface area contributed by atoms with Gasteiger partial charge in [-0.25, -0.2) is 8.42 Å². The predicted molar refractivity (Wildman–Crippen MR) is 90.6 cm³/mol. The summed E-state index contributed by atoms with van der Waals surface area (Å²) in [5.41, 5.74) is 7.08. The van der Waals surface area contributed by atoms with Gasteiger partial charge in [-0.15, -0.1) is 0 Å². The number of nitrogens with two attached hydrogens (primary N) is 1. The number of hydrogen-bond donors (Lipinski definition) is 2. The van der Waals surface area contributed by atoms with Crippen molar-refractivity contribution in [3.8, 4) is 0 Å². The van der Waals surface area contributed by atoms with Crippen molar-refractivity contribution < 1.29 is 8.42 Å². The van der Waals surface area contributed by atoms with Crippen LogP contribution in [0.5, 0.6) is 0 Å². The fourth-order valence-corrected chi connectivity index (χ4v) is 3.90. The molecule has 0 heterocycles. The molecule has 20 heavy (non-hydrogen) atoms. The molecule has 0 radical (unpaired) electrons. The number of sulfonamides is 1. The highest BCUT2D eigenvalue weighted by Gasteiger charge is 2.19. The van der Waals surface area contributed by atoms with Crippen LogP contribution in [-0.4, -0.2) is 8.42 Å². The highest BCUT2D eigenvalue weighted by molar-refractivity contribution is 14.1. The third kappa shape index (κ3) is 3.36. The molecule has 0 bridgehead atoms. The van der Waals surface area contributed by atoms with E-state index in [1.807, 2.05) is 6.07 Å². The lowest BCUT2D eigenvalue weighted by Gasteiger charge is -2.12.